The molecule has 1 aliphatic heterocycles. The summed E-state index contributed by atoms with van der Waals surface area (Å²) in [4.78, 5) is 18.7. The van der Waals surface area contributed by atoms with Gasteiger partial charge in [0.25, 0.3) is 0 Å². The van der Waals surface area contributed by atoms with Gasteiger partial charge < -0.3 is 16.0 Å². The van der Waals surface area contributed by atoms with E-state index in [0.29, 0.717) is 5.69 Å². The molecule has 1 amide bonds. The Labute approximate surface area is 124 Å². The van der Waals surface area contributed by atoms with Gasteiger partial charge in [0.15, 0.2) is 0 Å². The molecule has 1 aromatic heterocycles. The Hall–Kier alpha value is -2.30. The van der Waals surface area contributed by atoms with Gasteiger partial charge >= 0.3 is 0 Å². The largest absolute Gasteiger partial charge is 0.397 e. The SMILES string of the molecule is CNC(=O)C1CCCCN1c1ccc(N)c2ncccc12. The molecular formula is C16H20N4O. The zero-order valence-corrected chi connectivity index (χ0v) is 12.2. The first-order chi connectivity index (χ1) is 10.2. The van der Waals surface area contributed by atoms with E-state index in [1.807, 2.05) is 24.3 Å². The van der Waals surface area contributed by atoms with Crippen LogP contribution >= 0.6 is 0 Å². The zero-order chi connectivity index (χ0) is 14.8. The third-order valence-corrected chi connectivity index (χ3v) is 4.14. The second kappa shape index (κ2) is 5.60. The number of piperidine rings is 1. The van der Waals surface area contributed by atoms with Crippen molar-refractivity contribution in [2.45, 2.75) is 25.3 Å². The van der Waals surface area contributed by atoms with E-state index in [9.17, 15) is 4.79 Å². The summed E-state index contributed by atoms with van der Waals surface area (Å²) in [5.74, 6) is 0.0727. The molecule has 1 aliphatic rings. The minimum Gasteiger partial charge on any atom is -0.397 e. The molecule has 1 atom stereocenters. The fraction of sp³-hybridized carbons (Fsp3) is 0.375. The van der Waals surface area contributed by atoms with Crippen LogP contribution in [-0.2, 0) is 4.79 Å². The standard InChI is InChI=1S/C16H20N4O/c1-18-16(21)14-6-2-3-10-20(14)13-8-7-12(17)15-11(13)5-4-9-19-15/h4-5,7-9,14H,2-3,6,10,17H2,1H3,(H,18,21). The highest BCUT2D eigenvalue weighted by atomic mass is 16.2. The molecule has 5 nitrogen and oxygen atoms in total. The number of nitrogens with one attached hydrogen (secondary N) is 1. The van der Waals surface area contributed by atoms with Crippen LogP contribution < -0.4 is 16.0 Å². The number of nitrogens with zero attached hydrogens (tertiary/aromatic N) is 2. The van der Waals surface area contributed by atoms with Crippen LogP contribution in [0.3, 0.4) is 0 Å². The summed E-state index contributed by atoms with van der Waals surface area (Å²) in [6.07, 6.45) is 4.81. The minimum atomic E-state index is -0.115. The Morgan fingerprint density at radius 3 is 3.05 bits per heavy atom. The molecule has 3 rings (SSSR count). The van der Waals surface area contributed by atoms with Crippen LogP contribution in [0, 0.1) is 0 Å². The lowest BCUT2D eigenvalue weighted by atomic mass is 9.99. The number of nitrogen functional groups attached to an aromatic ring is 1. The van der Waals surface area contributed by atoms with E-state index in [1.54, 1.807) is 13.2 Å². The van der Waals surface area contributed by atoms with Gasteiger partial charge in [-0.15, -0.1) is 0 Å². The van der Waals surface area contributed by atoms with E-state index >= 15 is 0 Å². The molecule has 5 heteroatoms. The number of aromatic nitrogens is 1. The van der Waals surface area contributed by atoms with Crippen molar-refractivity contribution >= 4 is 28.2 Å². The van der Waals surface area contributed by atoms with E-state index in [0.717, 1.165) is 42.4 Å². The van der Waals surface area contributed by atoms with Crippen LogP contribution in [0.15, 0.2) is 30.5 Å². The highest BCUT2D eigenvalue weighted by Crippen LogP contribution is 2.33. The number of anilines is 2. The topological polar surface area (TPSA) is 71.2 Å². The number of rotatable bonds is 2. The first-order valence-corrected chi connectivity index (χ1v) is 7.34. The molecular weight excluding hydrogens is 264 g/mol. The van der Waals surface area contributed by atoms with E-state index in [-0.39, 0.29) is 11.9 Å². The number of likely N-dealkylation sites (N-methyl/N-ethyl adjacent to an activating group) is 1. The lowest BCUT2D eigenvalue weighted by Crippen LogP contribution is -2.49. The van der Waals surface area contributed by atoms with Crippen molar-refractivity contribution in [3.63, 3.8) is 0 Å². The lowest BCUT2D eigenvalue weighted by molar-refractivity contribution is -0.122. The number of hydrogen-bond donors (Lipinski definition) is 2. The number of hydrogen-bond acceptors (Lipinski definition) is 4. The first kappa shape index (κ1) is 13.7. The van der Waals surface area contributed by atoms with Crippen LogP contribution in [0.25, 0.3) is 10.9 Å². The number of nitrogens with two attached hydrogens (primary N) is 1. The average molecular weight is 284 g/mol. The maximum absolute atomic E-state index is 12.2. The summed E-state index contributed by atoms with van der Waals surface area (Å²) in [6, 6.07) is 7.69. The maximum Gasteiger partial charge on any atom is 0.242 e. The Balaban J connectivity index is 2.10. The van der Waals surface area contributed by atoms with Gasteiger partial charge in [-0.2, -0.15) is 0 Å². The second-order valence-corrected chi connectivity index (χ2v) is 5.39. The Bertz CT molecular complexity index is 670. The van der Waals surface area contributed by atoms with Crippen LogP contribution in [0.5, 0.6) is 0 Å². The van der Waals surface area contributed by atoms with Crippen molar-refractivity contribution in [1.29, 1.82) is 0 Å². The van der Waals surface area contributed by atoms with Gasteiger partial charge in [0.2, 0.25) is 5.91 Å². The summed E-state index contributed by atoms with van der Waals surface area (Å²) in [5, 5.41) is 3.78. The van der Waals surface area contributed by atoms with Gasteiger partial charge in [0, 0.05) is 30.9 Å². The summed E-state index contributed by atoms with van der Waals surface area (Å²) in [6.45, 7) is 0.881. The van der Waals surface area contributed by atoms with Crippen molar-refractivity contribution in [3.8, 4) is 0 Å². The van der Waals surface area contributed by atoms with Crippen molar-refractivity contribution in [2.75, 3.05) is 24.2 Å². The number of carbonyl (C=O) groups is 1. The summed E-state index contributed by atoms with van der Waals surface area (Å²) < 4.78 is 0. The zero-order valence-electron chi connectivity index (χ0n) is 12.2. The first-order valence-electron chi connectivity index (χ1n) is 7.34. The van der Waals surface area contributed by atoms with Gasteiger partial charge in [-0.1, -0.05) is 0 Å². The second-order valence-electron chi connectivity index (χ2n) is 5.39. The number of benzene rings is 1. The van der Waals surface area contributed by atoms with Gasteiger partial charge in [-0.3, -0.25) is 9.78 Å². The molecule has 21 heavy (non-hydrogen) atoms. The number of carbonyl (C=O) groups excluding carboxylic acids is 1. The monoisotopic (exact) mass is 284 g/mol. The van der Waals surface area contributed by atoms with Crippen LogP contribution in [-0.4, -0.2) is 30.5 Å². The molecule has 1 saturated heterocycles. The average Bonchev–Trinajstić information content (AvgIpc) is 2.55. The molecule has 3 N–H and O–H groups in total. The maximum atomic E-state index is 12.2. The minimum absolute atomic E-state index is 0.0727. The van der Waals surface area contributed by atoms with Crippen molar-refractivity contribution < 1.29 is 4.79 Å². The predicted molar refractivity (Wildman–Crippen MR) is 85.2 cm³/mol. The van der Waals surface area contributed by atoms with E-state index in [4.69, 9.17) is 5.73 Å². The molecule has 0 aliphatic carbocycles. The van der Waals surface area contributed by atoms with Crippen molar-refractivity contribution in [2.24, 2.45) is 0 Å². The fourth-order valence-electron chi connectivity index (χ4n) is 3.09. The van der Waals surface area contributed by atoms with E-state index in [1.165, 1.54) is 0 Å². The van der Waals surface area contributed by atoms with Gasteiger partial charge in [-0.25, -0.2) is 0 Å². The van der Waals surface area contributed by atoms with Crippen molar-refractivity contribution in [1.82, 2.24) is 10.3 Å². The normalized spacial score (nSPS) is 18.7. The van der Waals surface area contributed by atoms with Crippen LogP contribution in [0.1, 0.15) is 19.3 Å². The van der Waals surface area contributed by atoms with Gasteiger partial charge in [0.05, 0.1) is 11.2 Å². The molecule has 1 unspecified atom stereocenters. The third-order valence-electron chi connectivity index (χ3n) is 4.14. The summed E-state index contributed by atoms with van der Waals surface area (Å²) in [5.41, 5.74) is 8.53. The number of fused-ring (bicyclic) bond motifs is 1. The molecule has 0 bridgehead atoms. The Morgan fingerprint density at radius 1 is 1.38 bits per heavy atom. The highest BCUT2D eigenvalue weighted by molar-refractivity contribution is 6.00. The number of amides is 1. The molecule has 2 aromatic rings. The van der Waals surface area contributed by atoms with Crippen LogP contribution in [0.4, 0.5) is 11.4 Å². The predicted octanol–water partition coefficient (Wildman–Crippen LogP) is 1.92. The lowest BCUT2D eigenvalue weighted by Gasteiger charge is -2.37. The molecule has 0 saturated carbocycles. The van der Waals surface area contributed by atoms with E-state index in [2.05, 4.69) is 15.2 Å². The molecule has 1 aromatic carbocycles. The third kappa shape index (κ3) is 2.39. The van der Waals surface area contributed by atoms with Gasteiger partial charge in [-0.05, 0) is 43.5 Å². The quantitative estimate of drug-likeness (QED) is 0.827. The molecule has 0 spiro atoms. The molecule has 2 heterocycles. The molecule has 0 radical (unpaired) electrons. The molecule has 110 valence electrons. The Morgan fingerprint density at radius 2 is 2.24 bits per heavy atom. The number of pyridine rings is 1. The highest BCUT2D eigenvalue weighted by Gasteiger charge is 2.29. The van der Waals surface area contributed by atoms with Gasteiger partial charge in [0.1, 0.15) is 6.04 Å². The fourth-order valence-corrected chi connectivity index (χ4v) is 3.09. The smallest absolute Gasteiger partial charge is 0.242 e. The van der Waals surface area contributed by atoms with Crippen molar-refractivity contribution in [3.05, 3.63) is 30.5 Å². The van der Waals surface area contributed by atoms with E-state index < -0.39 is 0 Å². The Kier molecular flexibility index (Phi) is 3.64. The van der Waals surface area contributed by atoms with Crippen LogP contribution in [0.2, 0.25) is 0 Å². The summed E-state index contributed by atoms with van der Waals surface area (Å²) >= 11 is 0. The summed E-state index contributed by atoms with van der Waals surface area (Å²) in [7, 11) is 1.69. The molecule has 1 fully saturated rings.